The Morgan fingerprint density at radius 1 is 1.16 bits per heavy atom. The molecule has 4 heterocycles. The van der Waals surface area contributed by atoms with Crippen molar-refractivity contribution in [2.45, 2.75) is 51.2 Å². The maximum absolute atomic E-state index is 12.5. The first-order valence-corrected chi connectivity index (χ1v) is 9.11. The molecule has 0 radical (unpaired) electrons. The molecular formula is C20H25N3O2. The Kier molecular flexibility index (Phi) is 4.34. The Bertz CT molecular complexity index is 733. The summed E-state index contributed by atoms with van der Waals surface area (Å²) in [6.45, 7) is 5.62. The third-order valence-corrected chi connectivity index (χ3v) is 5.72. The molecule has 0 aliphatic carbocycles. The molecule has 4 rings (SSSR count). The molecule has 0 N–H and O–H groups in total. The highest BCUT2D eigenvalue weighted by atomic mass is 16.3. The Balaban J connectivity index is 1.44. The summed E-state index contributed by atoms with van der Waals surface area (Å²) in [4.78, 5) is 21.7. The van der Waals surface area contributed by atoms with Crippen LogP contribution in [0.5, 0.6) is 0 Å². The molecule has 2 aromatic heterocycles. The number of furan rings is 1. The first-order valence-electron chi connectivity index (χ1n) is 9.11. The number of piperidine rings is 1. The van der Waals surface area contributed by atoms with Crippen LogP contribution in [0.2, 0.25) is 0 Å². The monoisotopic (exact) mass is 339 g/mol. The molecule has 2 fully saturated rings. The smallest absolute Gasteiger partial charge is 0.223 e. The highest BCUT2D eigenvalue weighted by Crippen LogP contribution is 2.40. The van der Waals surface area contributed by atoms with Gasteiger partial charge in [-0.2, -0.15) is 0 Å². The normalized spacial score (nSPS) is 20.5. The van der Waals surface area contributed by atoms with Crippen LogP contribution in [0.15, 0.2) is 41.2 Å². The van der Waals surface area contributed by atoms with E-state index in [-0.39, 0.29) is 11.4 Å². The predicted molar refractivity (Wildman–Crippen MR) is 94.7 cm³/mol. The number of pyridine rings is 1. The Morgan fingerprint density at radius 2 is 2.00 bits per heavy atom. The van der Waals surface area contributed by atoms with Gasteiger partial charge in [0, 0.05) is 42.9 Å². The van der Waals surface area contributed by atoms with Crippen LogP contribution in [0.25, 0.3) is 0 Å². The lowest BCUT2D eigenvalue weighted by atomic mass is 9.84. The van der Waals surface area contributed by atoms with Crippen molar-refractivity contribution < 1.29 is 9.21 Å². The maximum atomic E-state index is 12.5. The molecule has 0 atom stereocenters. The Morgan fingerprint density at radius 3 is 2.72 bits per heavy atom. The minimum atomic E-state index is 0.0232. The van der Waals surface area contributed by atoms with Gasteiger partial charge in [0.1, 0.15) is 0 Å². The number of hydrogen-bond acceptors (Lipinski definition) is 4. The molecule has 2 saturated heterocycles. The number of aryl methyl sites for hydroxylation is 1. The number of aromatic nitrogens is 1. The number of amides is 1. The molecule has 25 heavy (non-hydrogen) atoms. The van der Waals surface area contributed by atoms with Crippen LogP contribution in [-0.2, 0) is 17.9 Å². The van der Waals surface area contributed by atoms with Crippen molar-refractivity contribution in [1.29, 1.82) is 0 Å². The fourth-order valence-electron chi connectivity index (χ4n) is 4.27. The zero-order valence-electron chi connectivity index (χ0n) is 14.8. The summed E-state index contributed by atoms with van der Waals surface area (Å²) >= 11 is 0. The van der Waals surface area contributed by atoms with Crippen LogP contribution in [0.4, 0.5) is 0 Å². The molecule has 5 heteroatoms. The number of carbonyl (C=O) groups excluding carboxylic acids is 1. The summed E-state index contributed by atoms with van der Waals surface area (Å²) in [5.74, 6) is 0.284. The molecular weight excluding hydrogens is 314 g/mol. The van der Waals surface area contributed by atoms with E-state index in [2.05, 4.69) is 14.8 Å². The van der Waals surface area contributed by atoms with E-state index in [1.165, 1.54) is 5.56 Å². The lowest BCUT2D eigenvalue weighted by molar-refractivity contribution is -0.133. The molecule has 2 aliphatic rings. The molecule has 1 amide bonds. The van der Waals surface area contributed by atoms with E-state index in [1.54, 1.807) is 6.26 Å². The van der Waals surface area contributed by atoms with Crippen LogP contribution < -0.4 is 0 Å². The van der Waals surface area contributed by atoms with Crippen LogP contribution in [0, 0.1) is 6.92 Å². The van der Waals surface area contributed by atoms with Gasteiger partial charge in [-0.1, -0.05) is 6.07 Å². The summed E-state index contributed by atoms with van der Waals surface area (Å²) in [5, 5.41) is 0. The highest BCUT2D eigenvalue weighted by molar-refractivity contribution is 5.79. The van der Waals surface area contributed by atoms with Crippen molar-refractivity contribution in [3.63, 3.8) is 0 Å². The molecule has 0 aromatic carbocycles. The van der Waals surface area contributed by atoms with Crippen molar-refractivity contribution in [3.05, 3.63) is 53.7 Å². The van der Waals surface area contributed by atoms with Crippen LogP contribution in [0.3, 0.4) is 0 Å². The van der Waals surface area contributed by atoms with Gasteiger partial charge in [0.25, 0.3) is 0 Å². The second kappa shape index (κ2) is 6.64. The number of carbonyl (C=O) groups is 1. The van der Waals surface area contributed by atoms with E-state index >= 15 is 0 Å². The van der Waals surface area contributed by atoms with E-state index in [1.807, 2.05) is 37.5 Å². The maximum Gasteiger partial charge on any atom is 0.223 e. The Labute approximate surface area is 148 Å². The van der Waals surface area contributed by atoms with E-state index in [4.69, 9.17) is 4.42 Å². The third kappa shape index (κ3) is 3.33. The molecule has 5 nitrogen and oxygen atoms in total. The second-order valence-electron chi connectivity index (χ2n) is 7.38. The molecule has 0 saturated carbocycles. The van der Waals surface area contributed by atoms with Gasteiger partial charge in [0.05, 0.1) is 24.8 Å². The van der Waals surface area contributed by atoms with Gasteiger partial charge in [-0.25, -0.2) is 0 Å². The second-order valence-corrected chi connectivity index (χ2v) is 7.38. The fraction of sp³-hybridized carbons (Fsp3) is 0.500. The van der Waals surface area contributed by atoms with Crippen LogP contribution in [0.1, 0.15) is 42.6 Å². The van der Waals surface area contributed by atoms with Gasteiger partial charge in [0.2, 0.25) is 5.91 Å². The average molecular weight is 339 g/mol. The first-order chi connectivity index (χ1) is 12.1. The van der Waals surface area contributed by atoms with Crippen molar-refractivity contribution in [2.75, 3.05) is 13.1 Å². The van der Waals surface area contributed by atoms with E-state index in [0.717, 1.165) is 50.3 Å². The minimum Gasteiger partial charge on any atom is -0.472 e. The molecule has 0 unspecified atom stereocenters. The molecule has 1 spiro atoms. The first kappa shape index (κ1) is 16.3. The lowest BCUT2D eigenvalue weighted by Crippen LogP contribution is -2.52. The van der Waals surface area contributed by atoms with E-state index in [9.17, 15) is 4.79 Å². The van der Waals surface area contributed by atoms with E-state index in [0.29, 0.717) is 13.0 Å². The number of rotatable bonds is 4. The minimum absolute atomic E-state index is 0.0232. The predicted octanol–water partition coefficient (Wildman–Crippen LogP) is 3.14. The summed E-state index contributed by atoms with van der Waals surface area (Å²) in [6, 6.07) is 8.08. The summed E-state index contributed by atoms with van der Waals surface area (Å²) < 4.78 is 5.17. The number of nitrogens with zero attached hydrogens (tertiary/aromatic N) is 3. The quantitative estimate of drug-likeness (QED) is 0.859. The van der Waals surface area contributed by atoms with Gasteiger partial charge >= 0.3 is 0 Å². The molecule has 2 aromatic rings. The van der Waals surface area contributed by atoms with E-state index < -0.39 is 0 Å². The zero-order chi connectivity index (χ0) is 17.3. The van der Waals surface area contributed by atoms with Crippen molar-refractivity contribution in [1.82, 2.24) is 14.8 Å². The standard InChI is InChI=1S/C20H25N3O2/c1-16-3-2-4-18(21-16)14-23-19(24)5-7-20(23)8-10-22(11-9-20)13-17-6-12-25-15-17/h2-4,6,12,15H,5,7-11,13-14H2,1H3. The highest BCUT2D eigenvalue weighted by Gasteiger charge is 2.46. The van der Waals surface area contributed by atoms with Gasteiger partial charge < -0.3 is 9.32 Å². The number of likely N-dealkylation sites (tertiary alicyclic amines) is 2. The van der Waals surface area contributed by atoms with Crippen LogP contribution >= 0.6 is 0 Å². The summed E-state index contributed by atoms with van der Waals surface area (Å²) in [5.41, 5.74) is 3.25. The topological polar surface area (TPSA) is 49.6 Å². The van der Waals surface area contributed by atoms with Crippen LogP contribution in [-0.4, -0.2) is 39.3 Å². The third-order valence-electron chi connectivity index (χ3n) is 5.72. The van der Waals surface area contributed by atoms with Gasteiger partial charge in [0.15, 0.2) is 0 Å². The van der Waals surface area contributed by atoms with Gasteiger partial charge in [-0.05, 0) is 44.4 Å². The van der Waals surface area contributed by atoms with Gasteiger partial charge in [-0.15, -0.1) is 0 Å². The van der Waals surface area contributed by atoms with Gasteiger partial charge in [-0.3, -0.25) is 14.7 Å². The molecule has 0 bridgehead atoms. The largest absolute Gasteiger partial charge is 0.472 e. The zero-order valence-corrected chi connectivity index (χ0v) is 14.8. The SMILES string of the molecule is Cc1cccc(CN2C(=O)CCC23CCN(Cc2ccoc2)CC3)n1. The average Bonchev–Trinajstić information content (AvgIpc) is 3.21. The van der Waals surface area contributed by atoms with Crippen molar-refractivity contribution in [2.24, 2.45) is 0 Å². The summed E-state index contributed by atoms with van der Waals surface area (Å²) in [6.07, 6.45) is 7.29. The van der Waals surface area contributed by atoms with Crippen molar-refractivity contribution in [3.8, 4) is 0 Å². The fourth-order valence-corrected chi connectivity index (χ4v) is 4.27. The summed E-state index contributed by atoms with van der Waals surface area (Å²) in [7, 11) is 0. The molecule has 132 valence electrons. The number of hydrogen-bond donors (Lipinski definition) is 0. The molecule has 2 aliphatic heterocycles. The Hall–Kier alpha value is -2.14. The van der Waals surface area contributed by atoms with Crippen molar-refractivity contribution >= 4 is 5.91 Å². The lowest BCUT2D eigenvalue weighted by Gasteiger charge is -2.45.